The van der Waals surface area contributed by atoms with E-state index in [1.807, 2.05) is 42.7 Å². The van der Waals surface area contributed by atoms with Crippen LogP contribution in [0.15, 0.2) is 53.7 Å². The lowest BCUT2D eigenvalue weighted by atomic mass is 10.2. The van der Waals surface area contributed by atoms with Crippen LogP contribution in [-0.2, 0) is 22.7 Å². The Morgan fingerprint density at radius 1 is 1.10 bits per heavy atom. The van der Waals surface area contributed by atoms with E-state index in [1.54, 1.807) is 24.3 Å². The Bertz CT molecular complexity index is 1050. The molecule has 3 rings (SSSR count). The summed E-state index contributed by atoms with van der Waals surface area (Å²) in [5.41, 5.74) is 2.07. The number of esters is 1. The van der Waals surface area contributed by atoms with Crippen molar-refractivity contribution in [1.82, 2.24) is 14.8 Å². The smallest absolute Gasteiger partial charge is 0.337 e. The van der Waals surface area contributed by atoms with Gasteiger partial charge in [0.05, 0.1) is 18.4 Å². The van der Waals surface area contributed by atoms with Crippen LogP contribution in [0.3, 0.4) is 0 Å². The molecule has 0 aliphatic heterocycles. The van der Waals surface area contributed by atoms with E-state index in [2.05, 4.69) is 20.3 Å². The minimum atomic E-state index is -0.422. The van der Waals surface area contributed by atoms with Crippen LogP contribution in [-0.4, -0.2) is 39.5 Å². The number of rotatable bonds is 9. The van der Waals surface area contributed by atoms with E-state index < -0.39 is 5.97 Å². The molecule has 1 aromatic heterocycles. The molecule has 8 nitrogen and oxygen atoms in total. The van der Waals surface area contributed by atoms with Gasteiger partial charge < -0.3 is 19.4 Å². The number of thioether (sulfide) groups is 1. The molecule has 0 spiro atoms. The van der Waals surface area contributed by atoms with Crippen LogP contribution >= 0.6 is 11.8 Å². The first-order chi connectivity index (χ1) is 15.0. The Morgan fingerprint density at radius 3 is 2.52 bits per heavy atom. The summed E-state index contributed by atoms with van der Waals surface area (Å²) in [5, 5.41) is 11.9. The van der Waals surface area contributed by atoms with Gasteiger partial charge in [0.25, 0.3) is 0 Å². The lowest BCUT2D eigenvalue weighted by Crippen LogP contribution is -2.15. The van der Waals surface area contributed by atoms with Gasteiger partial charge >= 0.3 is 5.97 Å². The summed E-state index contributed by atoms with van der Waals surface area (Å²) in [5.74, 6) is 1.08. The summed E-state index contributed by atoms with van der Waals surface area (Å²) < 4.78 is 12.5. The molecule has 0 radical (unpaired) electrons. The maximum Gasteiger partial charge on any atom is 0.337 e. The van der Waals surface area contributed by atoms with Crippen molar-refractivity contribution < 1.29 is 19.1 Å². The fourth-order valence-corrected chi connectivity index (χ4v) is 3.67. The van der Waals surface area contributed by atoms with Gasteiger partial charge in [0.15, 0.2) is 11.0 Å². The average Bonchev–Trinajstić information content (AvgIpc) is 3.19. The number of anilines is 1. The molecule has 9 heteroatoms. The largest absolute Gasteiger partial charge is 0.485 e. The standard InChI is InChI=1S/C22H24N4O4S/c1-4-26-19(13-30-18-8-6-5-7-15(18)2)24-25-22(26)31-14-20(27)23-17-11-9-16(10-12-17)21(28)29-3/h5-12H,4,13-14H2,1-3H3,(H,23,27). The number of methoxy groups -OCH3 is 1. The molecule has 0 aliphatic carbocycles. The second kappa shape index (κ2) is 10.6. The predicted molar refractivity (Wildman–Crippen MR) is 118 cm³/mol. The number of amides is 1. The highest BCUT2D eigenvalue weighted by Gasteiger charge is 2.14. The van der Waals surface area contributed by atoms with E-state index in [9.17, 15) is 9.59 Å². The molecule has 31 heavy (non-hydrogen) atoms. The molecule has 0 saturated carbocycles. The summed E-state index contributed by atoms with van der Waals surface area (Å²) in [6.07, 6.45) is 0. The van der Waals surface area contributed by atoms with Crippen molar-refractivity contribution in [2.75, 3.05) is 18.2 Å². The van der Waals surface area contributed by atoms with E-state index in [4.69, 9.17) is 4.74 Å². The van der Waals surface area contributed by atoms with Gasteiger partial charge in [-0.15, -0.1) is 10.2 Å². The van der Waals surface area contributed by atoms with Crippen LogP contribution < -0.4 is 10.1 Å². The number of carbonyl (C=O) groups excluding carboxylic acids is 2. The van der Waals surface area contributed by atoms with E-state index in [0.717, 1.165) is 11.3 Å². The molecular weight excluding hydrogens is 416 g/mol. The van der Waals surface area contributed by atoms with Crippen LogP contribution in [0.5, 0.6) is 5.75 Å². The third-order valence-electron chi connectivity index (χ3n) is 4.48. The van der Waals surface area contributed by atoms with Gasteiger partial charge in [-0.2, -0.15) is 0 Å². The number of nitrogens with one attached hydrogen (secondary N) is 1. The van der Waals surface area contributed by atoms with Gasteiger partial charge in [0.1, 0.15) is 12.4 Å². The Morgan fingerprint density at radius 2 is 1.84 bits per heavy atom. The van der Waals surface area contributed by atoms with Crippen LogP contribution in [0.25, 0.3) is 0 Å². The normalized spacial score (nSPS) is 10.5. The minimum Gasteiger partial charge on any atom is -0.485 e. The SMILES string of the molecule is CCn1c(COc2ccccc2C)nnc1SCC(=O)Nc1ccc(C(=O)OC)cc1. The van der Waals surface area contributed by atoms with Crippen molar-refractivity contribution in [3.8, 4) is 5.75 Å². The summed E-state index contributed by atoms with van der Waals surface area (Å²) >= 11 is 1.30. The van der Waals surface area contributed by atoms with Crippen LogP contribution in [0, 0.1) is 6.92 Å². The highest BCUT2D eigenvalue weighted by molar-refractivity contribution is 7.99. The molecule has 0 saturated heterocycles. The highest BCUT2D eigenvalue weighted by atomic mass is 32.2. The highest BCUT2D eigenvalue weighted by Crippen LogP contribution is 2.21. The molecule has 3 aromatic rings. The fraction of sp³-hybridized carbons (Fsp3) is 0.273. The third-order valence-corrected chi connectivity index (χ3v) is 5.45. The molecule has 2 aromatic carbocycles. The molecule has 0 aliphatic rings. The molecule has 1 amide bonds. The van der Waals surface area contributed by atoms with Crippen LogP contribution in [0.4, 0.5) is 5.69 Å². The number of ether oxygens (including phenoxy) is 2. The molecule has 1 heterocycles. The molecule has 0 fully saturated rings. The number of hydrogen-bond acceptors (Lipinski definition) is 7. The lowest BCUT2D eigenvalue weighted by Gasteiger charge is -2.10. The van der Waals surface area contributed by atoms with Gasteiger partial charge in [-0.3, -0.25) is 4.79 Å². The number of aryl methyl sites for hydroxylation is 1. The van der Waals surface area contributed by atoms with Crippen LogP contribution in [0.1, 0.15) is 28.7 Å². The van der Waals surface area contributed by atoms with Gasteiger partial charge in [-0.25, -0.2) is 4.79 Å². The van der Waals surface area contributed by atoms with Gasteiger partial charge in [-0.1, -0.05) is 30.0 Å². The van der Waals surface area contributed by atoms with Crippen molar-refractivity contribution in [1.29, 1.82) is 0 Å². The zero-order valence-electron chi connectivity index (χ0n) is 17.6. The van der Waals surface area contributed by atoms with Gasteiger partial charge in [-0.05, 0) is 49.7 Å². The monoisotopic (exact) mass is 440 g/mol. The molecule has 0 atom stereocenters. The van der Waals surface area contributed by atoms with E-state index in [0.29, 0.717) is 35.4 Å². The quantitative estimate of drug-likeness (QED) is 0.400. The van der Waals surface area contributed by atoms with Crippen LogP contribution in [0.2, 0.25) is 0 Å². The first-order valence-corrected chi connectivity index (χ1v) is 10.7. The van der Waals surface area contributed by atoms with E-state index >= 15 is 0 Å². The summed E-state index contributed by atoms with van der Waals surface area (Å²) in [6.45, 7) is 4.94. The predicted octanol–water partition coefficient (Wildman–Crippen LogP) is 3.70. The van der Waals surface area contributed by atoms with E-state index in [-0.39, 0.29) is 11.7 Å². The number of benzene rings is 2. The second-order valence-electron chi connectivity index (χ2n) is 6.60. The Kier molecular flexibility index (Phi) is 7.66. The zero-order valence-corrected chi connectivity index (χ0v) is 18.4. The maximum atomic E-state index is 12.3. The number of carbonyl (C=O) groups is 2. The first kappa shape index (κ1) is 22.4. The fourth-order valence-electron chi connectivity index (χ4n) is 2.85. The van der Waals surface area contributed by atoms with Gasteiger partial charge in [0.2, 0.25) is 5.91 Å². The number of aromatic nitrogens is 3. The second-order valence-corrected chi connectivity index (χ2v) is 7.55. The van der Waals surface area contributed by atoms with Crippen molar-refractivity contribution in [3.63, 3.8) is 0 Å². The summed E-state index contributed by atoms with van der Waals surface area (Å²) in [7, 11) is 1.32. The zero-order chi connectivity index (χ0) is 22.2. The summed E-state index contributed by atoms with van der Waals surface area (Å²) in [4.78, 5) is 23.8. The van der Waals surface area contributed by atoms with Crippen molar-refractivity contribution in [2.45, 2.75) is 32.2 Å². The Balaban J connectivity index is 1.55. The average molecular weight is 441 g/mol. The van der Waals surface area contributed by atoms with E-state index in [1.165, 1.54) is 18.9 Å². The van der Waals surface area contributed by atoms with Crippen molar-refractivity contribution in [2.24, 2.45) is 0 Å². The Hall–Kier alpha value is -3.33. The molecule has 0 unspecified atom stereocenters. The minimum absolute atomic E-state index is 0.176. The molecule has 162 valence electrons. The molecule has 0 bridgehead atoms. The van der Waals surface area contributed by atoms with Gasteiger partial charge in [0, 0.05) is 12.2 Å². The van der Waals surface area contributed by atoms with Crippen molar-refractivity contribution in [3.05, 3.63) is 65.5 Å². The Labute approximate surface area is 185 Å². The maximum absolute atomic E-state index is 12.3. The number of para-hydroxylation sites is 1. The number of hydrogen-bond donors (Lipinski definition) is 1. The van der Waals surface area contributed by atoms with Crippen molar-refractivity contribution >= 4 is 29.3 Å². The summed E-state index contributed by atoms with van der Waals surface area (Å²) in [6, 6.07) is 14.3. The molecular formula is C22H24N4O4S. The molecule has 1 N–H and O–H groups in total. The first-order valence-electron chi connectivity index (χ1n) is 9.73. The topological polar surface area (TPSA) is 95.3 Å². The lowest BCUT2D eigenvalue weighted by molar-refractivity contribution is -0.113. The number of nitrogens with zero attached hydrogens (tertiary/aromatic N) is 3. The third kappa shape index (κ3) is 5.85.